The first-order valence-corrected chi connectivity index (χ1v) is 4.99. The molecule has 0 bridgehead atoms. The smallest absolute Gasteiger partial charge is 0.0457 e. The molecule has 0 amide bonds. The minimum Gasteiger partial charge on any atom is -0.330 e. The molecule has 0 atom stereocenters. The van der Waals surface area contributed by atoms with Crippen LogP contribution in [0, 0.1) is 6.92 Å². The monoisotopic (exact) mass is 232 g/mol. The van der Waals surface area contributed by atoms with Gasteiger partial charge in [-0.05, 0) is 30.1 Å². The van der Waals surface area contributed by atoms with E-state index in [0.29, 0.717) is 5.75 Å². The van der Waals surface area contributed by atoms with E-state index in [4.69, 9.17) is 4.55 Å². The molecule has 0 spiro atoms. The van der Waals surface area contributed by atoms with Gasteiger partial charge in [-0.25, -0.2) is 0 Å². The molecular weight excluding hydrogens is 224 g/mol. The molecule has 0 radical (unpaired) electrons. The fourth-order valence-corrected chi connectivity index (χ4v) is 1.86. The maximum Gasteiger partial charge on any atom is 0.0457 e. The number of benzene rings is 1. The molecule has 60 valence electrons. The van der Waals surface area contributed by atoms with E-state index >= 15 is 0 Å². The van der Waals surface area contributed by atoms with Crippen LogP contribution < -0.4 is 0 Å². The van der Waals surface area contributed by atoms with Crippen molar-refractivity contribution in [2.75, 3.05) is 0 Å². The normalized spacial score (nSPS) is 10.1. The summed E-state index contributed by atoms with van der Waals surface area (Å²) in [7, 11) is 0. The quantitative estimate of drug-likeness (QED) is 0.789. The first kappa shape index (κ1) is 9.10. The van der Waals surface area contributed by atoms with Crippen LogP contribution in [0.25, 0.3) is 0 Å². The standard InChI is InChI=1S/C8H9BrOS/c1-6-3-2-4-7(5-11-10)8(6)9/h2-4,10H,5H2,1H3. The van der Waals surface area contributed by atoms with Gasteiger partial charge < -0.3 is 4.55 Å². The van der Waals surface area contributed by atoms with Gasteiger partial charge in [0, 0.05) is 10.2 Å². The minimum absolute atomic E-state index is 0.641. The second kappa shape index (κ2) is 4.14. The highest BCUT2D eigenvalue weighted by Crippen LogP contribution is 2.23. The molecule has 0 heterocycles. The maximum absolute atomic E-state index is 8.63. The van der Waals surface area contributed by atoms with Gasteiger partial charge in [0.2, 0.25) is 0 Å². The van der Waals surface area contributed by atoms with Crippen LogP contribution in [0.4, 0.5) is 0 Å². The van der Waals surface area contributed by atoms with Crippen molar-refractivity contribution in [1.82, 2.24) is 0 Å². The Bertz CT molecular complexity index is 250. The number of halogens is 1. The first-order valence-electron chi connectivity index (χ1n) is 3.26. The van der Waals surface area contributed by atoms with E-state index in [2.05, 4.69) is 15.9 Å². The van der Waals surface area contributed by atoms with Crippen LogP contribution in [0.1, 0.15) is 11.1 Å². The van der Waals surface area contributed by atoms with Crippen molar-refractivity contribution in [2.45, 2.75) is 12.7 Å². The molecule has 0 aliphatic rings. The Kier molecular flexibility index (Phi) is 3.43. The van der Waals surface area contributed by atoms with Crippen molar-refractivity contribution in [3.05, 3.63) is 33.8 Å². The zero-order chi connectivity index (χ0) is 8.27. The lowest BCUT2D eigenvalue weighted by Gasteiger charge is -2.03. The minimum atomic E-state index is 0.641. The van der Waals surface area contributed by atoms with Crippen molar-refractivity contribution in [3.63, 3.8) is 0 Å². The van der Waals surface area contributed by atoms with Gasteiger partial charge in [0.15, 0.2) is 0 Å². The Morgan fingerprint density at radius 1 is 1.55 bits per heavy atom. The molecule has 1 nitrogen and oxygen atoms in total. The number of aryl methyl sites for hydroxylation is 1. The van der Waals surface area contributed by atoms with Crippen molar-refractivity contribution < 1.29 is 4.55 Å². The largest absolute Gasteiger partial charge is 0.330 e. The molecule has 0 saturated carbocycles. The van der Waals surface area contributed by atoms with Crippen molar-refractivity contribution in [3.8, 4) is 0 Å². The Labute approximate surface area is 79.2 Å². The van der Waals surface area contributed by atoms with Gasteiger partial charge in [-0.3, -0.25) is 0 Å². The number of rotatable bonds is 2. The summed E-state index contributed by atoms with van der Waals surface area (Å²) >= 11 is 4.30. The summed E-state index contributed by atoms with van der Waals surface area (Å²) in [5.74, 6) is 0.641. The maximum atomic E-state index is 8.63. The molecule has 3 heteroatoms. The lowest BCUT2D eigenvalue weighted by Crippen LogP contribution is -1.84. The molecule has 1 aromatic rings. The van der Waals surface area contributed by atoms with E-state index in [9.17, 15) is 0 Å². The molecule has 11 heavy (non-hydrogen) atoms. The van der Waals surface area contributed by atoms with Gasteiger partial charge in [-0.1, -0.05) is 34.1 Å². The van der Waals surface area contributed by atoms with E-state index in [-0.39, 0.29) is 0 Å². The van der Waals surface area contributed by atoms with Crippen molar-refractivity contribution in [2.24, 2.45) is 0 Å². The molecule has 0 aromatic heterocycles. The molecule has 0 aliphatic heterocycles. The Morgan fingerprint density at radius 3 is 2.91 bits per heavy atom. The molecule has 0 aliphatic carbocycles. The SMILES string of the molecule is Cc1cccc(CSO)c1Br. The summed E-state index contributed by atoms with van der Waals surface area (Å²) in [6.07, 6.45) is 0. The molecule has 0 saturated heterocycles. The summed E-state index contributed by atoms with van der Waals surface area (Å²) < 4.78 is 9.73. The van der Waals surface area contributed by atoms with Crippen LogP contribution in [-0.2, 0) is 5.75 Å². The first-order chi connectivity index (χ1) is 5.25. The second-order valence-electron chi connectivity index (χ2n) is 2.32. The van der Waals surface area contributed by atoms with Gasteiger partial charge in [0.05, 0.1) is 0 Å². The fraction of sp³-hybridized carbons (Fsp3) is 0.250. The third kappa shape index (κ3) is 2.22. The van der Waals surface area contributed by atoms with Gasteiger partial charge in [0.25, 0.3) is 0 Å². The molecule has 0 fully saturated rings. The van der Waals surface area contributed by atoms with Crippen LogP contribution in [0.2, 0.25) is 0 Å². The lowest BCUT2D eigenvalue weighted by molar-refractivity contribution is 0.663. The summed E-state index contributed by atoms with van der Waals surface area (Å²) in [6, 6.07) is 6.03. The van der Waals surface area contributed by atoms with E-state index in [0.717, 1.165) is 22.1 Å². The van der Waals surface area contributed by atoms with Crippen LogP contribution in [0.3, 0.4) is 0 Å². The highest BCUT2D eigenvalue weighted by Gasteiger charge is 2.00. The third-order valence-electron chi connectivity index (χ3n) is 1.49. The highest BCUT2D eigenvalue weighted by atomic mass is 79.9. The van der Waals surface area contributed by atoms with E-state index in [1.54, 1.807) is 0 Å². The van der Waals surface area contributed by atoms with Crippen molar-refractivity contribution in [1.29, 1.82) is 0 Å². The lowest BCUT2D eigenvalue weighted by atomic mass is 10.2. The van der Waals surface area contributed by atoms with Crippen molar-refractivity contribution >= 4 is 28.0 Å². The predicted octanol–water partition coefficient (Wildman–Crippen LogP) is 3.46. The summed E-state index contributed by atoms with van der Waals surface area (Å²) in [6.45, 7) is 2.04. The van der Waals surface area contributed by atoms with E-state index < -0.39 is 0 Å². The second-order valence-corrected chi connectivity index (χ2v) is 3.66. The third-order valence-corrected chi connectivity index (χ3v) is 3.07. The number of hydrogen-bond acceptors (Lipinski definition) is 2. The van der Waals surface area contributed by atoms with Crippen LogP contribution in [0.15, 0.2) is 22.7 Å². The van der Waals surface area contributed by atoms with Crippen LogP contribution in [0.5, 0.6) is 0 Å². The Hall–Kier alpha value is 0.01000. The zero-order valence-corrected chi connectivity index (χ0v) is 8.58. The fourth-order valence-electron chi connectivity index (χ4n) is 0.889. The van der Waals surface area contributed by atoms with Gasteiger partial charge in [-0.15, -0.1) is 0 Å². The summed E-state index contributed by atoms with van der Waals surface area (Å²) in [4.78, 5) is 0. The Morgan fingerprint density at radius 2 is 2.27 bits per heavy atom. The zero-order valence-electron chi connectivity index (χ0n) is 6.17. The van der Waals surface area contributed by atoms with Gasteiger partial charge in [-0.2, -0.15) is 0 Å². The number of hydrogen-bond donors (Lipinski definition) is 1. The van der Waals surface area contributed by atoms with E-state index in [1.165, 1.54) is 5.56 Å². The average molecular weight is 233 g/mol. The summed E-state index contributed by atoms with van der Waals surface area (Å²) in [5.41, 5.74) is 2.34. The predicted molar refractivity (Wildman–Crippen MR) is 52.8 cm³/mol. The van der Waals surface area contributed by atoms with Crippen LogP contribution in [-0.4, -0.2) is 4.55 Å². The summed E-state index contributed by atoms with van der Waals surface area (Å²) in [5, 5.41) is 0. The molecule has 0 unspecified atom stereocenters. The molecule has 1 N–H and O–H groups in total. The van der Waals surface area contributed by atoms with Gasteiger partial charge >= 0.3 is 0 Å². The topological polar surface area (TPSA) is 20.2 Å². The highest BCUT2D eigenvalue weighted by molar-refractivity contribution is 9.10. The Balaban J connectivity index is 2.96. The molecule has 1 aromatic carbocycles. The van der Waals surface area contributed by atoms with E-state index in [1.807, 2.05) is 25.1 Å². The van der Waals surface area contributed by atoms with Gasteiger partial charge in [0.1, 0.15) is 0 Å². The molecule has 1 rings (SSSR count). The molecular formula is C8H9BrOS. The van der Waals surface area contributed by atoms with Crippen LogP contribution >= 0.6 is 28.0 Å². The average Bonchev–Trinajstić information content (AvgIpc) is 1.99.